The van der Waals surface area contributed by atoms with Gasteiger partial charge in [-0.1, -0.05) is 26.0 Å². The fourth-order valence-electron chi connectivity index (χ4n) is 1.79. The maximum Gasteiger partial charge on any atom is 0.115 e. The first-order valence-corrected chi connectivity index (χ1v) is 6.21. The van der Waals surface area contributed by atoms with E-state index in [4.69, 9.17) is 0 Å². The van der Waals surface area contributed by atoms with Crippen LogP contribution in [0.4, 0.5) is 0 Å². The molecular formula is C15H25NO. The zero-order valence-corrected chi connectivity index (χ0v) is 11.7. The summed E-state index contributed by atoms with van der Waals surface area (Å²) in [4.78, 5) is 0. The van der Waals surface area contributed by atoms with Crippen LogP contribution in [0.5, 0.6) is 5.75 Å². The first-order chi connectivity index (χ1) is 7.68. The van der Waals surface area contributed by atoms with Crippen molar-refractivity contribution in [2.45, 2.75) is 46.6 Å². The molecule has 0 heterocycles. The number of hydrogen-bond acceptors (Lipinski definition) is 2. The fraction of sp³-hybridized carbons (Fsp3) is 0.600. The van der Waals surface area contributed by atoms with Gasteiger partial charge in [0.15, 0.2) is 0 Å². The van der Waals surface area contributed by atoms with Gasteiger partial charge in [0, 0.05) is 12.1 Å². The maximum atomic E-state index is 9.45. The molecule has 0 bridgehead atoms. The van der Waals surface area contributed by atoms with E-state index in [1.807, 2.05) is 12.1 Å². The summed E-state index contributed by atoms with van der Waals surface area (Å²) in [5.74, 6) is 0.349. The summed E-state index contributed by atoms with van der Waals surface area (Å²) in [5, 5.41) is 13.0. The highest BCUT2D eigenvalue weighted by atomic mass is 16.3. The average molecular weight is 235 g/mol. The van der Waals surface area contributed by atoms with Gasteiger partial charge in [-0.15, -0.1) is 0 Å². The molecule has 2 heteroatoms. The molecule has 0 unspecified atom stereocenters. The molecule has 0 radical (unpaired) electrons. The predicted molar refractivity (Wildman–Crippen MR) is 73.3 cm³/mol. The number of phenolic OH excluding ortho intramolecular Hbond substituents is 1. The zero-order chi connectivity index (χ0) is 13.1. The number of hydrogen-bond donors (Lipinski definition) is 2. The average Bonchev–Trinajstić information content (AvgIpc) is 2.13. The Morgan fingerprint density at radius 3 is 2.29 bits per heavy atom. The van der Waals surface area contributed by atoms with Crippen molar-refractivity contribution in [3.8, 4) is 5.75 Å². The second-order valence-electron chi connectivity index (χ2n) is 6.61. The lowest BCUT2D eigenvalue weighted by atomic mass is 9.85. The van der Waals surface area contributed by atoms with Gasteiger partial charge in [0.1, 0.15) is 5.75 Å². The highest BCUT2D eigenvalue weighted by Crippen LogP contribution is 2.23. The third kappa shape index (κ3) is 5.73. The molecule has 1 aromatic rings. The second kappa shape index (κ2) is 5.09. The number of phenols is 1. The molecule has 96 valence electrons. The minimum absolute atomic E-state index is 0.149. The molecule has 0 saturated heterocycles. The standard InChI is InChI=1S/C15H25NO/c1-14(2,3)16-11-15(4,5)10-12-7-6-8-13(17)9-12/h6-9,16-17H,10-11H2,1-5H3. The molecule has 0 saturated carbocycles. The minimum Gasteiger partial charge on any atom is -0.508 e. The van der Waals surface area contributed by atoms with Gasteiger partial charge in [-0.3, -0.25) is 0 Å². The maximum absolute atomic E-state index is 9.45. The summed E-state index contributed by atoms with van der Waals surface area (Å²) in [6.07, 6.45) is 0.963. The molecule has 1 rings (SSSR count). The highest BCUT2D eigenvalue weighted by Gasteiger charge is 2.21. The minimum atomic E-state index is 0.149. The van der Waals surface area contributed by atoms with Crippen molar-refractivity contribution in [1.29, 1.82) is 0 Å². The largest absolute Gasteiger partial charge is 0.508 e. The third-order valence-corrected chi connectivity index (χ3v) is 2.69. The van der Waals surface area contributed by atoms with Crippen molar-refractivity contribution in [2.75, 3.05) is 6.54 Å². The van der Waals surface area contributed by atoms with Crippen LogP contribution < -0.4 is 5.32 Å². The Labute approximate surface area is 105 Å². The van der Waals surface area contributed by atoms with Crippen LogP contribution in [-0.2, 0) is 6.42 Å². The van der Waals surface area contributed by atoms with E-state index < -0.39 is 0 Å². The third-order valence-electron chi connectivity index (χ3n) is 2.69. The molecule has 0 atom stereocenters. The lowest BCUT2D eigenvalue weighted by Crippen LogP contribution is -2.42. The number of benzene rings is 1. The van der Waals surface area contributed by atoms with Crippen LogP contribution in [0.15, 0.2) is 24.3 Å². The van der Waals surface area contributed by atoms with Gasteiger partial charge in [0.25, 0.3) is 0 Å². The van der Waals surface area contributed by atoms with Crippen molar-refractivity contribution in [3.05, 3.63) is 29.8 Å². The van der Waals surface area contributed by atoms with Crippen molar-refractivity contribution in [3.63, 3.8) is 0 Å². The summed E-state index contributed by atoms with van der Waals surface area (Å²) >= 11 is 0. The van der Waals surface area contributed by atoms with Gasteiger partial charge in [0.05, 0.1) is 0 Å². The summed E-state index contributed by atoms with van der Waals surface area (Å²) in [5.41, 5.74) is 1.52. The van der Waals surface area contributed by atoms with Crippen molar-refractivity contribution >= 4 is 0 Å². The first-order valence-electron chi connectivity index (χ1n) is 6.21. The zero-order valence-electron chi connectivity index (χ0n) is 11.7. The van der Waals surface area contributed by atoms with Crippen LogP contribution >= 0.6 is 0 Å². The number of rotatable bonds is 4. The topological polar surface area (TPSA) is 32.3 Å². The Morgan fingerprint density at radius 2 is 1.76 bits per heavy atom. The van der Waals surface area contributed by atoms with Crippen LogP contribution in [0.1, 0.15) is 40.2 Å². The molecular weight excluding hydrogens is 210 g/mol. The van der Waals surface area contributed by atoms with E-state index in [1.165, 1.54) is 5.56 Å². The molecule has 2 N–H and O–H groups in total. The van der Waals surface area contributed by atoms with Gasteiger partial charge in [-0.2, -0.15) is 0 Å². The molecule has 0 aromatic heterocycles. The summed E-state index contributed by atoms with van der Waals surface area (Å²) in [6, 6.07) is 7.53. The first kappa shape index (κ1) is 14.0. The molecule has 0 fully saturated rings. The monoisotopic (exact) mass is 235 g/mol. The molecule has 0 aliphatic carbocycles. The molecule has 1 aromatic carbocycles. The van der Waals surface area contributed by atoms with Gasteiger partial charge >= 0.3 is 0 Å². The summed E-state index contributed by atoms with van der Waals surface area (Å²) in [7, 11) is 0. The Balaban J connectivity index is 2.60. The van der Waals surface area contributed by atoms with Gasteiger partial charge < -0.3 is 10.4 Å². The Morgan fingerprint density at radius 1 is 1.12 bits per heavy atom. The number of aromatic hydroxyl groups is 1. The van der Waals surface area contributed by atoms with Crippen molar-refractivity contribution in [2.24, 2.45) is 5.41 Å². The lowest BCUT2D eigenvalue weighted by Gasteiger charge is -2.30. The lowest BCUT2D eigenvalue weighted by molar-refractivity contribution is 0.288. The Kier molecular flexibility index (Phi) is 4.21. The predicted octanol–water partition coefficient (Wildman–Crippen LogP) is 3.35. The van der Waals surface area contributed by atoms with E-state index in [9.17, 15) is 5.11 Å². The highest BCUT2D eigenvalue weighted by molar-refractivity contribution is 5.27. The molecule has 2 nitrogen and oxygen atoms in total. The normalized spacial score (nSPS) is 12.8. The molecule has 17 heavy (non-hydrogen) atoms. The second-order valence-corrected chi connectivity index (χ2v) is 6.61. The van der Waals surface area contributed by atoms with Gasteiger partial charge in [-0.25, -0.2) is 0 Å². The van der Waals surface area contributed by atoms with Crippen LogP contribution in [-0.4, -0.2) is 17.2 Å². The van der Waals surface area contributed by atoms with E-state index in [2.05, 4.69) is 46.0 Å². The van der Waals surface area contributed by atoms with Crippen LogP contribution in [0.3, 0.4) is 0 Å². The molecule has 0 aliphatic rings. The van der Waals surface area contributed by atoms with Gasteiger partial charge in [-0.05, 0) is 50.3 Å². The summed E-state index contributed by atoms with van der Waals surface area (Å²) < 4.78 is 0. The fourth-order valence-corrected chi connectivity index (χ4v) is 1.79. The SMILES string of the molecule is CC(C)(CNC(C)(C)C)Cc1cccc(O)c1. The van der Waals surface area contributed by atoms with Crippen molar-refractivity contribution in [1.82, 2.24) is 5.32 Å². The van der Waals surface area contributed by atoms with E-state index >= 15 is 0 Å². The van der Waals surface area contributed by atoms with E-state index in [-0.39, 0.29) is 11.0 Å². The van der Waals surface area contributed by atoms with E-state index in [1.54, 1.807) is 6.07 Å². The Hall–Kier alpha value is -1.02. The van der Waals surface area contributed by atoms with Gasteiger partial charge in [0.2, 0.25) is 0 Å². The van der Waals surface area contributed by atoms with Crippen molar-refractivity contribution < 1.29 is 5.11 Å². The molecule has 0 aliphatic heterocycles. The molecule has 0 amide bonds. The summed E-state index contributed by atoms with van der Waals surface area (Å²) in [6.45, 7) is 12.0. The van der Waals surface area contributed by atoms with Crippen LogP contribution in [0.25, 0.3) is 0 Å². The quantitative estimate of drug-likeness (QED) is 0.839. The van der Waals surface area contributed by atoms with E-state index in [0.29, 0.717) is 5.75 Å². The number of nitrogens with one attached hydrogen (secondary N) is 1. The van der Waals surface area contributed by atoms with Crippen LogP contribution in [0, 0.1) is 5.41 Å². The van der Waals surface area contributed by atoms with E-state index in [0.717, 1.165) is 13.0 Å². The molecule has 0 spiro atoms. The Bertz CT molecular complexity index is 363. The smallest absolute Gasteiger partial charge is 0.115 e. The van der Waals surface area contributed by atoms with Crippen LogP contribution in [0.2, 0.25) is 0 Å².